The van der Waals surface area contributed by atoms with Gasteiger partial charge < -0.3 is 5.32 Å². The van der Waals surface area contributed by atoms with Crippen molar-refractivity contribution in [1.82, 2.24) is 5.32 Å². The molecule has 0 fully saturated rings. The first kappa shape index (κ1) is 31.0. The van der Waals surface area contributed by atoms with Gasteiger partial charge in [-0.15, -0.1) is 0 Å². The minimum atomic E-state index is -4.06. The highest BCUT2D eigenvalue weighted by atomic mass is 32.2. The second kappa shape index (κ2) is 14.7. The minimum absolute atomic E-state index is 0.0713. The molecular weight excluding hydrogens is 528 g/mol. The van der Waals surface area contributed by atoms with Gasteiger partial charge >= 0.3 is 0 Å². The molecule has 2 aromatic carbocycles. The molecule has 0 heterocycles. The third kappa shape index (κ3) is 10.3. The number of unbranched alkanes of at least 4 members (excludes halogenated alkanes) is 2. The average Bonchev–Trinajstić information content (AvgIpc) is 2.88. The summed E-state index contributed by atoms with van der Waals surface area (Å²) in [4.78, 5) is 27.3. The van der Waals surface area contributed by atoms with Crippen molar-refractivity contribution in [2.75, 3.05) is 6.26 Å². The van der Waals surface area contributed by atoms with E-state index in [2.05, 4.69) is 14.7 Å². The highest BCUT2D eigenvalue weighted by Crippen LogP contribution is 2.18. The smallest absolute Gasteiger partial charge is 0.264 e. The molecule has 1 amide bonds. The number of azide groups is 1. The van der Waals surface area contributed by atoms with Crippen molar-refractivity contribution in [2.45, 2.75) is 74.6 Å². The molecule has 0 aromatic heterocycles. The number of Topliss-reactive ketones (excluding diaryl/α,β-unsaturated/α-hetero) is 1. The molecule has 0 spiro atoms. The number of nitrogens with one attached hydrogen (secondary N) is 1. The van der Waals surface area contributed by atoms with Crippen molar-refractivity contribution in [3.8, 4) is 0 Å². The highest BCUT2D eigenvalue weighted by molar-refractivity contribution is 7.90. The first-order valence-electron chi connectivity index (χ1n) is 12.4. The molecule has 2 rings (SSSR count). The fraction of sp³-hybridized carbons (Fsp3) is 0.462. The van der Waals surface area contributed by atoms with Crippen LogP contribution in [-0.2, 0) is 42.4 Å². The average molecular weight is 563 g/mol. The van der Waals surface area contributed by atoms with Crippen LogP contribution in [0.15, 0.2) is 62.8 Å². The van der Waals surface area contributed by atoms with Crippen molar-refractivity contribution in [2.24, 2.45) is 10.4 Å². The van der Waals surface area contributed by atoms with Gasteiger partial charge in [0.25, 0.3) is 10.0 Å². The maximum Gasteiger partial charge on any atom is 0.264 e. The summed E-state index contributed by atoms with van der Waals surface area (Å²) in [6.07, 6.45) is 5.95. The Hall–Kier alpha value is -3.21. The van der Waals surface area contributed by atoms with Crippen molar-refractivity contribution in [3.05, 3.63) is 70.1 Å². The zero-order chi connectivity index (χ0) is 28.2. The fourth-order valence-electron chi connectivity index (χ4n) is 4.00. The monoisotopic (exact) mass is 562 g/mol. The number of sulfonamides is 1. The SMILES string of the molecule is CCC(CCCCCC(=O)CCc1cccc(S(=O)(=O)N=[N+]=[N-])c1)C(=O)NCc1cccc(S(C)(=O)=O)c1. The quantitative estimate of drug-likeness (QED) is 0.133. The van der Waals surface area contributed by atoms with Crippen LogP contribution >= 0.6 is 0 Å². The Labute approximate surface area is 224 Å². The van der Waals surface area contributed by atoms with Crippen molar-refractivity contribution in [3.63, 3.8) is 0 Å². The molecule has 0 saturated carbocycles. The topological polar surface area (TPSA) is 163 Å². The number of sulfone groups is 1. The Morgan fingerprint density at radius 3 is 2.26 bits per heavy atom. The molecule has 1 unspecified atom stereocenters. The maximum atomic E-state index is 12.6. The lowest BCUT2D eigenvalue weighted by Crippen LogP contribution is -2.30. The third-order valence-electron chi connectivity index (χ3n) is 6.20. The predicted molar refractivity (Wildman–Crippen MR) is 144 cm³/mol. The van der Waals surface area contributed by atoms with E-state index in [4.69, 9.17) is 5.53 Å². The van der Waals surface area contributed by atoms with Crippen LogP contribution in [0.5, 0.6) is 0 Å². The molecule has 0 bridgehead atoms. The van der Waals surface area contributed by atoms with E-state index in [1.165, 1.54) is 18.2 Å². The van der Waals surface area contributed by atoms with E-state index < -0.39 is 19.9 Å². The van der Waals surface area contributed by atoms with Gasteiger partial charge in [0.05, 0.1) is 9.79 Å². The molecule has 0 aliphatic rings. The second-order valence-corrected chi connectivity index (χ2v) is 12.8. The van der Waals surface area contributed by atoms with Crippen LogP contribution in [0, 0.1) is 5.92 Å². The summed E-state index contributed by atoms with van der Waals surface area (Å²) in [6.45, 7) is 2.21. The van der Waals surface area contributed by atoms with E-state index >= 15 is 0 Å². The van der Waals surface area contributed by atoms with E-state index in [1.807, 2.05) is 6.92 Å². The van der Waals surface area contributed by atoms with Crippen LogP contribution in [-0.4, -0.2) is 34.8 Å². The van der Waals surface area contributed by atoms with Gasteiger partial charge in [0, 0.05) is 41.0 Å². The first-order valence-corrected chi connectivity index (χ1v) is 15.8. The number of hydrogen-bond donors (Lipinski definition) is 1. The standard InChI is InChI=1S/C26H34N4O6S2/c1-3-22(26(32)28-19-21-10-8-13-24(18-21)37(2,33)34)11-5-4-6-12-23(31)16-15-20-9-7-14-25(17-20)38(35,36)30-29-27/h7-10,13-14,17-18,22H,3-6,11-12,15-16,19H2,1-2H3,(H,28,32). The lowest BCUT2D eigenvalue weighted by molar-refractivity contribution is -0.125. The van der Waals surface area contributed by atoms with E-state index in [1.54, 1.807) is 30.3 Å². The van der Waals surface area contributed by atoms with Crippen LogP contribution < -0.4 is 5.32 Å². The predicted octanol–water partition coefficient (Wildman–Crippen LogP) is 4.88. The van der Waals surface area contributed by atoms with Crippen LogP contribution in [0.4, 0.5) is 0 Å². The van der Waals surface area contributed by atoms with Crippen LogP contribution in [0.3, 0.4) is 0 Å². The number of aryl methyl sites for hydroxylation is 1. The van der Waals surface area contributed by atoms with Gasteiger partial charge in [-0.3, -0.25) is 9.59 Å². The molecular formula is C26H34N4O6S2. The summed E-state index contributed by atoms with van der Waals surface area (Å²) in [7, 11) is -7.37. The molecule has 0 aliphatic carbocycles. The van der Waals surface area contributed by atoms with E-state index in [-0.39, 0.29) is 40.4 Å². The first-order chi connectivity index (χ1) is 18.0. The van der Waals surface area contributed by atoms with Crippen molar-refractivity contribution >= 4 is 31.6 Å². The summed E-state index contributed by atoms with van der Waals surface area (Å²) < 4.78 is 50.0. The Kier molecular flexibility index (Phi) is 12.0. The Bertz CT molecular complexity index is 1380. The highest BCUT2D eigenvalue weighted by Gasteiger charge is 2.17. The van der Waals surface area contributed by atoms with Gasteiger partial charge in [-0.05, 0) is 66.6 Å². The Balaban J connectivity index is 1.71. The minimum Gasteiger partial charge on any atom is -0.352 e. The number of benzene rings is 2. The summed E-state index contributed by atoms with van der Waals surface area (Å²) >= 11 is 0. The lowest BCUT2D eigenvalue weighted by Gasteiger charge is -2.15. The second-order valence-electron chi connectivity index (χ2n) is 9.17. The molecule has 10 nitrogen and oxygen atoms in total. The molecule has 2 aromatic rings. The molecule has 12 heteroatoms. The van der Waals surface area contributed by atoms with Crippen molar-refractivity contribution in [1.29, 1.82) is 0 Å². The molecule has 206 valence electrons. The Morgan fingerprint density at radius 1 is 0.947 bits per heavy atom. The van der Waals surface area contributed by atoms with Gasteiger partial charge in [-0.1, -0.05) is 44.0 Å². The van der Waals surface area contributed by atoms with Gasteiger partial charge in [-0.2, -0.15) is 0 Å². The molecule has 0 saturated heterocycles. The Morgan fingerprint density at radius 2 is 1.61 bits per heavy atom. The van der Waals surface area contributed by atoms with E-state index in [0.29, 0.717) is 37.7 Å². The number of ketones is 1. The zero-order valence-corrected chi connectivity index (χ0v) is 23.3. The molecule has 38 heavy (non-hydrogen) atoms. The number of carbonyl (C=O) groups is 2. The van der Waals surface area contributed by atoms with Crippen LogP contribution in [0.25, 0.3) is 10.4 Å². The van der Waals surface area contributed by atoms with Gasteiger partial charge in [-0.25, -0.2) is 16.8 Å². The molecule has 1 N–H and O–H groups in total. The number of amides is 1. The van der Waals surface area contributed by atoms with Gasteiger partial charge in [0.1, 0.15) is 5.78 Å². The number of carbonyl (C=O) groups excluding carboxylic acids is 2. The number of nitrogens with zero attached hydrogens (tertiary/aromatic N) is 3. The number of hydrogen-bond acceptors (Lipinski definition) is 6. The zero-order valence-electron chi connectivity index (χ0n) is 21.7. The van der Waals surface area contributed by atoms with E-state index in [0.717, 1.165) is 24.7 Å². The summed E-state index contributed by atoms with van der Waals surface area (Å²) in [5.74, 6) is -0.148. The normalized spacial score (nSPS) is 12.4. The third-order valence-corrected chi connectivity index (χ3v) is 8.45. The van der Waals surface area contributed by atoms with E-state index in [9.17, 15) is 26.4 Å². The van der Waals surface area contributed by atoms with Crippen molar-refractivity contribution < 1.29 is 26.4 Å². The van der Waals surface area contributed by atoms with Gasteiger partial charge in [0.15, 0.2) is 9.84 Å². The summed E-state index contributed by atoms with van der Waals surface area (Å²) in [5.41, 5.74) is 9.79. The van der Waals surface area contributed by atoms with Crippen LogP contribution in [0.1, 0.15) is 63.0 Å². The molecule has 0 radical (unpaired) electrons. The largest absolute Gasteiger partial charge is 0.352 e. The number of rotatable bonds is 16. The summed E-state index contributed by atoms with van der Waals surface area (Å²) in [6, 6.07) is 12.5. The molecule has 1 atom stereocenters. The summed E-state index contributed by atoms with van der Waals surface area (Å²) in [5, 5.41) is 2.89. The van der Waals surface area contributed by atoms with Gasteiger partial charge in [0.2, 0.25) is 5.91 Å². The lowest BCUT2D eigenvalue weighted by atomic mass is 9.96. The fourth-order valence-corrected chi connectivity index (χ4v) is 5.43. The van der Waals surface area contributed by atoms with Crippen LogP contribution in [0.2, 0.25) is 0 Å². The molecule has 0 aliphatic heterocycles. The maximum absolute atomic E-state index is 12.6.